The van der Waals surface area contributed by atoms with Crippen LogP contribution in [-0.2, 0) is 12.2 Å². The Morgan fingerprint density at radius 1 is 1.20 bits per heavy atom. The van der Waals surface area contributed by atoms with Crippen LogP contribution in [-0.4, -0.2) is 24.8 Å². The molecule has 9 heteroatoms. The van der Waals surface area contributed by atoms with Crippen molar-refractivity contribution in [2.45, 2.75) is 24.3 Å². The lowest BCUT2D eigenvalue weighted by Crippen LogP contribution is -1.89. The topological polar surface area (TPSA) is 69.1 Å². The molecule has 0 atom stereocenters. The molecule has 3 aromatic rings. The monoisotopic (exact) mass is 329 g/mol. The maximum absolute atomic E-state index is 6.06. The van der Waals surface area contributed by atoms with Crippen LogP contribution in [0.3, 0.4) is 0 Å². The lowest BCUT2D eigenvalue weighted by Gasteiger charge is -1.99. The third-order valence-electron chi connectivity index (χ3n) is 2.53. The van der Waals surface area contributed by atoms with Gasteiger partial charge in [0.2, 0.25) is 11.8 Å². The van der Waals surface area contributed by atoms with Gasteiger partial charge in [-0.25, -0.2) is 0 Å². The summed E-state index contributed by atoms with van der Waals surface area (Å²) in [7, 11) is 0. The summed E-state index contributed by atoms with van der Waals surface area (Å²) >= 11 is 13.5. The third kappa shape index (κ3) is 2.61. The van der Waals surface area contributed by atoms with E-state index in [-0.39, 0.29) is 0 Å². The van der Waals surface area contributed by atoms with Crippen molar-refractivity contribution in [3.8, 4) is 0 Å². The van der Waals surface area contributed by atoms with Gasteiger partial charge in [0.15, 0.2) is 10.8 Å². The summed E-state index contributed by atoms with van der Waals surface area (Å²) in [6.45, 7) is 1.96. The van der Waals surface area contributed by atoms with Crippen molar-refractivity contribution < 1.29 is 4.42 Å². The smallest absolute Gasteiger partial charge is 0.226 e. The molecule has 0 spiro atoms. The number of nitrogens with zero attached hydrogens (tertiary/aromatic N) is 5. The first kappa shape index (κ1) is 13.7. The first-order valence-corrected chi connectivity index (χ1v) is 7.55. The number of halogens is 2. The average molecular weight is 330 g/mol. The van der Waals surface area contributed by atoms with E-state index in [0.717, 1.165) is 6.42 Å². The molecule has 0 bridgehead atoms. The second-order valence-electron chi connectivity index (χ2n) is 3.91. The fourth-order valence-electron chi connectivity index (χ4n) is 1.62. The van der Waals surface area contributed by atoms with Gasteiger partial charge in [0.1, 0.15) is 0 Å². The number of pyridine rings is 1. The molecule has 0 fully saturated rings. The minimum Gasteiger partial charge on any atom is -0.424 e. The number of thioether (sulfide) groups is 1. The lowest BCUT2D eigenvalue weighted by atomic mass is 10.5. The Hall–Kier alpha value is -1.31. The van der Waals surface area contributed by atoms with Crippen LogP contribution in [0.4, 0.5) is 0 Å². The quantitative estimate of drug-likeness (QED) is 0.684. The molecule has 20 heavy (non-hydrogen) atoms. The van der Waals surface area contributed by atoms with E-state index < -0.39 is 0 Å². The van der Waals surface area contributed by atoms with Gasteiger partial charge in [0.05, 0.1) is 15.8 Å². The van der Waals surface area contributed by atoms with Gasteiger partial charge < -0.3 is 4.42 Å². The molecule has 104 valence electrons. The number of aryl methyl sites for hydroxylation is 1. The van der Waals surface area contributed by atoms with Crippen LogP contribution in [0.5, 0.6) is 0 Å². The third-order valence-corrected chi connectivity index (χ3v) is 3.94. The van der Waals surface area contributed by atoms with Gasteiger partial charge >= 0.3 is 0 Å². The van der Waals surface area contributed by atoms with Crippen LogP contribution in [0.25, 0.3) is 5.65 Å². The normalized spacial score (nSPS) is 11.3. The van der Waals surface area contributed by atoms with Crippen LogP contribution >= 0.6 is 35.0 Å². The highest BCUT2D eigenvalue weighted by molar-refractivity contribution is 7.98. The van der Waals surface area contributed by atoms with Crippen LogP contribution in [0, 0.1) is 0 Å². The van der Waals surface area contributed by atoms with Crippen molar-refractivity contribution in [2.75, 3.05) is 0 Å². The Bertz CT molecular complexity index is 756. The largest absolute Gasteiger partial charge is 0.424 e. The van der Waals surface area contributed by atoms with Gasteiger partial charge in [0, 0.05) is 12.6 Å². The number of fused-ring (bicyclic) bond motifs is 1. The zero-order valence-corrected chi connectivity index (χ0v) is 12.7. The molecule has 0 saturated carbocycles. The van der Waals surface area contributed by atoms with E-state index in [1.54, 1.807) is 16.7 Å². The summed E-state index contributed by atoms with van der Waals surface area (Å²) in [4.78, 5) is 0. The number of hydrogen-bond donors (Lipinski definition) is 0. The summed E-state index contributed by atoms with van der Waals surface area (Å²) in [5.74, 6) is 1.69. The van der Waals surface area contributed by atoms with Crippen molar-refractivity contribution >= 4 is 40.6 Å². The van der Waals surface area contributed by atoms with Crippen LogP contribution in [0.2, 0.25) is 10.0 Å². The Morgan fingerprint density at radius 3 is 2.75 bits per heavy atom. The molecule has 6 nitrogen and oxygen atoms in total. The first-order chi connectivity index (χ1) is 9.67. The SMILES string of the molecule is CCc1nnc(CSc2nnc3c(Cl)cc(Cl)cn23)o1. The second kappa shape index (κ2) is 5.59. The van der Waals surface area contributed by atoms with Crippen molar-refractivity contribution in [2.24, 2.45) is 0 Å². The number of rotatable bonds is 4. The first-order valence-electron chi connectivity index (χ1n) is 5.81. The van der Waals surface area contributed by atoms with E-state index in [1.165, 1.54) is 11.8 Å². The molecule has 3 rings (SSSR count). The van der Waals surface area contributed by atoms with E-state index in [1.807, 2.05) is 6.92 Å². The highest BCUT2D eigenvalue weighted by atomic mass is 35.5. The molecule has 0 amide bonds. The van der Waals surface area contributed by atoms with Crippen LogP contribution < -0.4 is 0 Å². The van der Waals surface area contributed by atoms with Gasteiger partial charge in [-0.15, -0.1) is 20.4 Å². The second-order valence-corrected chi connectivity index (χ2v) is 5.70. The molecule has 0 unspecified atom stereocenters. The van der Waals surface area contributed by atoms with E-state index in [0.29, 0.717) is 38.4 Å². The molecule has 3 aromatic heterocycles. The van der Waals surface area contributed by atoms with E-state index in [2.05, 4.69) is 20.4 Å². The molecule has 0 saturated heterocycles. The fraction of sp³-hybridized carbons (Fsp3) is 0.273. The molecule has 0 N–H and O–H groups in total. The number of aromatic nitrogens is 5. The van der Waals surface area contributed by atoms with Crippen LogP contribution in [0.15, 0.2) is 21.8 Å². The van der Waals surface area contributed by atoms with E-state index in [4.69, 9.17) is 27.6 Å². The zero-order chi connectivity index (χ0) is 14.1. The predicted molar refractivity (Wildman–Crippen MR) is 76.2 cm³/mol. The molecule has 3 heterocycles. The van der Waals surface area contributed by atoms with Gasteiger partial charge in [0.25, 0.3) is 0 Å². The standard InChI is InChI=1S/C11H9Cl2N5OS/c1-2-8-14-15-9(19-8)5-20-11-17-16-10-7(13)3-6(12)4-18(10)11/h3-4H,2,5H2,1H3. The highest BCUT2D eigenvalue weighted by Crippen LogP contribution is 2.26. The maximum Gasteiger partial charge on any atom is 0.226 e. The molecule has 0 radical (unpaired) electrons. The molecular formula is C11H9Cl2N5OS. The maximum atomic E-state index is 6.06. The fourth-order valence-corrected chi connectivity index (χ4v) is 2.87. The Balaban J connectivity index is 1.84. The van der Waals surface area contributed by atoms with Gasteiger partial charge in [-0.3, -0.25) is 4.40 Å². The molecule has 0 aromatic carbocycles. The number of hydrogen-bond acceptors (Lipinski definition) is 6. The van der Waals surface area contributed by atoms with Gasteiger partial charge in [-0.2, -0.15) is 0 Å². The minimum atomic E-state index is 0.461. The zero-order valence-electron chi connectivity index (χ0n) is 10.4. The summed E-state index contributed by atoms with van der Waals surface area (Å²) in [5, 5.41) is 17.6. The molecule has 0 aliphatic rings. The Labute approximate surface area is 128 Å². The summed E-state index contributed by atoms with van der Waals surface area (Å²) in [5.41, 5.74) is 0.568. The van der Waals surface area contributed by atoms with Gasteiger partial charge in [-0.05, 0) is 6.07 Å². The van der Waals surface area contributed by atoms with Crippen molar-refractivity contribution in [1.29, 1.82) is 0 Å². The molecular weight excluding hydrogens is 321 g/mol. The summed E-state index contributed by atoms with van der Waals surface area (Å²) in [6.07, 6.45) is 2.44. The lowest BCUT2D eigenvalue weighted by molar-refractivity contribution is 0.470. The summed E-state index contributed by atoms with van der Waals surface area (Å²) < 4.78 is 7.18. The summed E-state index contributed by atoms with van der Waals surface area (Å²) in [6, 6.07) is 1.63. The van der Waals surface area contributed by atoms with Gasteiger partial charge in [-0.1, -0.05) is 41.9 Å². The van der Waals surface area contributed by atoms with E-state index in [9.17, 15) is 0 Å². The van der Waals surface area contributed by atoms with Crippen LogP contribution in [0.1, 0.15) is 18.7 Å². The Kier molecular flexibility index (Phi) is 3.82. The van der Waals surface area contributed by atoms with Crippen molar-refractivity contribution in [1.82, 2.24) is 24.8 Å². The van der Waals surface area contributed by atoms with Crippen molar-refractivity contribution in [3.05, 3.63) is 34.1 Å². The van der Waals surface area contributed by atoms with E-state index >= 15 is 0 Å². The Morgan fingerprint density at radius 2 is 2.00 bits per heavy atom. The van der Waals surface area contributed by atoms with Crippen molar-refractivity contribution in [3.63, 3.8) is 0 Å². The highest BCUT2D eigenvalue weighted by Gasteiger charge is 2.12. The minimum absolute atomic E-state index is 0.461. The molecule has 0 aliphatic carbocycles. The predicted octanol–water partition coefficient (Wildman–Crippen LogP) is 3.27. The molecule has 0 aliphatic heterocycles. The average Bonchev–Trinajstić information content (AvgIpc) is 3.02.